The van der Waals surface area contributed by atoms with Gasteiger partial charge in [0.1, 0.15) is 0 Å². The second-order valence-electron chi connectivity index (χ2n) is 6.54. The minimum atomic E-state index is -0.829. The molecule has 2 amide bonds. The number of carboxylic acids is 1. The van der Waals surface area contributed by atoms with Gasteiger partial charge in [0.2, 0.25) is 0 Å². The van der Waals surface area contributed by atoms with E-state index in [2.05, 4.69) is 0 Å². The van der Waals surface area contributed by atoms with Gasteiger partial charge in [0.05, 0.1) is 6.10 Å². The standard InChI is InChI=1S/C15H26N2O4/c1-10(2)17(7-3-4-14(19)20)15(21)16-8-11-5-6-13(18)12(11)9-16/h10-13,18H,3-9H2,1-2H3,(H,19,20). The smallest absolute Gasteiger partial charge is 0.320 e. The Morgan fingerprint density at radius 1 is 1.29 bits per heavy atom. The van der Waals surface area contributed by atoms with E-state index in [4.69, 9.17) is 5.11 Å². The fourth-order valence-corrected chi connectivity index (χ4v) is 3.55. The predicted octanol–water partition coefficient (Wildman–Crippen LogP) is 1.38. The number of hydrogen-bond acceptors (Lipinski definition) is 3. The van der Waals surface area contributed by atoms with Crippen LogP contribution in [-0.4, -0.2) is 63.8 Å². The Morgan fingerprint density at radius 3 is 2.57 bits per heavy atom. The summed E-state index contributed by atoms with van der Waals surface area (Å²) in [7, 11) is 0. The van der Waals surface area contributed by atoms with Crippen molar-refractivity contribution in [3.63, 3.8) is 0 Å². The average Bonchev–Trinajstić information content (AvgIpc) is 2.96. The van der Waals surface area contributed by atoms with Crippen LogP contribution in [0.2, 0.25) is 0 Å². The molecule has 3 atom stereocenters. The molecule has 1 saturated carbocycles. The summed E-state index contributed by atoms with van der Waals surface area (Å²) in [4.78, 5) is 26.8. The van der Waals surface area contributed by atoms with Gasteiger partial charge < -0.3 is 20.0 Å². The SMILES string of the molecule is CC(C)N(CCCC(=O)O)C(=O)N1CC2CCC(O)C2C1. The maximum absolute atomic E-state index is 12.6. The molecule has 1 heterocycles. The highest BCUT2D eigenvalue weighted by atomic mass is 16.4. The molecule has 1 saturated heterocycles. The number of rotatable bonds is 5. The topological polar surface area (TPSA) is 81.1 Å². The van der Waals surface area contributed by atoms with Crippen LogP contribution in [-0.2, 0) is 4.79 Å². The van der Waals surface area contributed by atoms with Crippen LogP contribution >= 0.6 is 0 Å². The molecule has 6 heteroatoms. The van der Waals surface area contributed by atoms with E-state index < -0.39 is 5.97 Å². The Labute approximate surface area is 125 Å². The lowest BCUT2D eigenvalue weighted by Gasteiger charge is -2.31. The fourth-order valence-electron chi connectivity index (χ4n) is 3.55. The van der Waals surface area contributed by atoms with E-state index in [0.717, 1.165) is 19.4 Å². The summed E-state index contributed by atoms with van der Waals surface area (Å²) in [6.07, 6.45) is 2.13. The largest absolute Gasteiger partial charge is 0.481 e. The number of likely N-dealkylation sites (tertiary alicyclic amines) is 1. The van der Waals surface area contributed by atoms with Crippen LogP contribution in [0.1, 0.15) is 39.5 Å². The second kappa shape index (κ2) is 6.64. The molecular formula is C15H26N2O4. The Morgan fingerprint density at radius 2 is 2.00 bits per heavy atom. The maximum Gasteiger partial charge on any atom is 0.320 e. The summed E-state index contributed by atoms with van der Waals surface area (Å²) < 4.78 is 0. The molecule has 2 N–H and O–H groups in total. The summed E-state index contributed by atoms with van der Waals surface area (Å²) in [6, 6.07) is 0.0358. The van der Waals surface area contributed by atoms with Gasteiger partial charge in [-0.05, 0) is 39.0 Å². The molecule has 0 aromatic rings. The van der Waals surface area contributed by atoms with Crippen LogP contribution in [0.15, 0.2) is 0 Å². The van der Waals surface area contributed by atoms with Gasteiger partial charge >= 0.3 is 12.0 Å². The molecule has 0 spiro atoms. The zero-order valence-corrected chi connectivity index (χ0v) is 12.9. The van der Waals surface area contributed by atoms with Gasteiger partial charge in [-0.1, -0.05) is 0 Å². The number of nitrogens with zero attached hydrogens (tertiary/aromatic N) is 2. The van der Waals surface area contributed by atoms with Crippen LogP contribution in [0, 0.1) is 11.8 Å². The molecule has 120 valence electrons. The number of aliphatic carboxylic acids is 1. The number of aliphatic hydroxyl groups excluding tert-OH is 1. The fraction of sp³-hybridized carbons (Fsp3) is 0.867. The number of carboxylic acid groups (broad SMARTS) is 1. The van der Waals surface area contributed by atoms with E-state index in [0.29, 0.717) is 25.4 Å². The summed E-state index contributed by atoms with van der Waals surface area (Å²) in [5, 5.41) is 18.6. The number of carbonyl (C=O) groups is 2. The zero-order valence-electron chi connectivity index (χ0n) is 12.9. The molecule has 2 fully saturated rings. The molecule has 3 unspecified atom stereocenters. The van der Waals surface area contributed by atoms with Crippen molar-refractivity contribution in [2.24, 2.45) is 11.8 Å². The van der Waals surface area contributed by atoms with E-state index in [9.17, 15) is 14.7 Å². The Bertz CT molecular complexity index is 399. The van der Waals surface area contributed by atoms with Gasteiger partial charge in [-0.3, -0.25) is 4.79 Å². The lowest BCUT2D eigenvalue weighted by Crippen LogP contribution is -2.46. The van der Waals surface area contributed by atoms with E-state index in [-0.39, 0.29) is 30.5 Å². The van der Waals surface area contributed by atoms with E-state index in [1.54, 1.807) is 4.90 Å². The van der Waals surface area contributed by atoms with Gasteiger partial charge in [0, 0.05) is 38.0 Å². The molecule has 1 aliphatic carbocycles. The molecule has 21 heavy (non-hydrogen) atoms. The number of carbonyl (C=O) groups excluding carboxylic acids is 1. The predicted molar refractivity (Wildman–Crippen MR) is 77.9 cm³/mol. The highest BCUT2D eigenvalue weighted by molar-refractivity contribution is 5.75. The third kappa shape index (κ3) is 3.67. The third-order valence-electron chi connectivity index (χ3n) is 4.75. The third-order valence-corrected chi connectivity index (χ3v) is 4.75. The van der Waals surface area contributed by atoms with E-state index in [1.165, 1.54) is 0 Å². The van der Waals surface area contributed by atoms with Crippen LogP contribution in [0.3, 0.4) is 0 Å². The molecule has 0 radical (unpaired) electrons. The van der Waals surface area contributed by atoms with Crippen LogP contribution in [0.5, 0.6) is 0 Å². The van der Waals surface area contributed by atoms with Crippen molar-refractivity contribution < 1.29 is 19.8 Å². The minimum Gasteiger partial charge on any atom is -0.481 e. The van der Waals surface area contributed by atoms with Crippen molar-refractivity contribution in [2.45, 2.75) is 51.7 Å². The van der Waals surface area contributed by atoms with Crippen molar-refractivity contribution in [3.05, 3.63) is 0 Å². The molecule has 0 bridgehead atoms. The van der Waals surface area contributed by atoms with Crippen molar-refractivity contribution >= 4 is 12.0 Å². The van der Waals surface area contributed by atoms with Crippen LogP contribution < -0.4 is 0 Å². The van der Waals surface area contributed by atoms with Gasteiger partial charge in [0.15, 0.2) is 0 Å². The second-order valence-corrected chi connectivity index (χ2v) is 6.54. The molecule has 0 aromatic heterocycles. The number of fused-ring (bicyclic) bond motifs is 1. The minimum absolute atomic E-state index is 0.0167. The summed E-state index contributed by atoms with van der Waals surface area (Å²) in [5.41, 5.74) is 0. The summed E-state index contributed by atoms with van der Waals surface area (Å²) in [5.74, 6) is -0.177. The van der Waals surface area contributed by atoms with Crippen molar-refractivity contribution in [2.75, 3.05) is 19.6 Å². The zero-order chi connectivity index (χ0) is 15.6. The molecule has 6 nitrogen and oxygen atoms in total. The molecule has 2 rings (SSSR count). The molecule has 1 aliphatic heterocycles. The number of urea groups is 1. The average molecular weight is 298 g/mol. The molecule has 2 aliphatic rings. The first-order valence-corrected chi connectivity index (χ1v) is 7.85. The highest BCUT2D eigenvalue weighted by Gasteiger charge is 2.44. The quantitative estimate of drug-likeness (QED) is 0.803. The van der Waals surface area contributed by atoms with Gasteiger partial charge in [-0.25, -0.2) is 4.79 Å². The van der Waals surface area contributed by atoms with Crippen molar-refractivity contribution in [1.29, 1.82) is 0 Å². The Kier molecular flexibility index (Phi) is 5.08. The first kappa shape index (κ1) is 16.1. The van der Waals surface area contributed by atoms with E-state index >= 15 is 0 Å². The Hall–Kier alpha value is -1.30. The first-order chi connectivity index (χ1) is 9.90. The number of amides is 2. The normalized spacial score (nSPS) is 28.0. The van der Waals surface area contributed by atoms with E-state index in [1.807, 2.05) is 18.7 Å². The Balaban J connectivity index is 1.91. The first-order valence-electron chi connectivity index (χ1n) is 7.85. The number of hydrogen-bond donors (Lipinski definition) is 2. The monoisotopic (exact) mass is 298 g/mol. The number of aliphatic hydroxyl groups is 1. The van der Waals surface area contributed by atoms with Gasteiger partial charge in [-0.15, -0.1) is 0 Å². The van der Waals surface area contributed by atoms with Gasteiger partial charge in [0.25, 0.3) is 0 Å². The van der Waals surface area contributed by atoms with Crippen LogP contribution in [0.4, 0.5) is 4.79 Å². The summed E-state index contributed by atoms with van der Waals surface area (Å²) >= 11 is 0. The molecular weight excluding hydrogens is 272 g/mol. The van der Waals surface area contributed by atoms with Crippen molar-refractivity contribution in [1.82, 2.24) is 9.80 Å². The molecule has 0 aromatic carbocycles. The van der Waals surface area contributed by atoms with Crippen LogP contribution in [0.25, 0.3) is 0 Å². The lowest BCUT2D eigenvalue weighted by atomic mass is 10.00. The summed E-state index contributed by atoms with van der Waals surface area (Å²) in [6.45, 7) is 5.72. The highest BCUT2D eigenvalue weighted by Crippen LogP contribution is 2.38. The lowest BCUT2D eigenvalue weighted by molar-refractivity contribution is -0.137. The van der Waals surface area contributed by atoms with Crippen molar-refractivity contribution in [3.8, 4) is 0 Å². The maximum atomic E-state index is 12.6. The van der Waals surface area contributed by atoms with Gasteiger partial charge in [-0.2, -0.15) is 0 Å².